The molecule has 0 radical (unpaired) electrons. The van der Waals surface area contributed by atoms with E-state index in [2.05, 4.69) is 50.1 Å². The fourth-order valence-electron chi connectivity index (χ4n) is 2.26. The zero-order valence-electron chi connectivity index (χ0n) is 13.5. The standard InChI is InChI=1S/C18H24N2O/c1-13(14-8-10-19-11-9-14)20-16-12-15(18(2,3)4)6-7-17(16)21-5/h6-13,20H,1-5H3. The van der Waals surface area contributed by atoms with E-state index in [4.69, 9.17) is 4.74 Å². The minimum atomic E-state index is 0.114. The van der Waals surface area contributed by atoms with Gasteiger partial charge in [-0.15, -0.1) is 0 Å². The van der Waals surface area contributed by atoms with Crippen LogP contribution in [0.15, 0.2) is 42.7 Å². The first-order valence-corrected chi connectivity index (χ1v) is 7.27. The number of hydrogen-bond acceptors (Lipinski definition) is 3. The van der Waals surface area contributed by atoms with E-state index in [-0.39, 0.29) is 11.5 Å². The van der Waals surface area contributed by atoms with Crippen molar-refractivity contribution >= 4 is 5.69 Å². The molecule has 1 atom stereocenters. The molecule has 0 aliphatic heterocycles. The van der Waals surface area contributed by atoms with Crippen molar-refractivity contribution in [2.75, 3.05) is 12.4 Å². The van der Waals surface area contributed by atoms with Gasteiger partial charge in [0.05, 0.1) is 12.8 Å². The Morgan fingerprint density at radius 3 is 2.33 bits per heavy atom. The van der Waals surface area contributed by atoms with Crippen LogP contribution in [0.3, 0.4) is 0 Å². The van der Waals surface area contributed by atoms with Gasteiger partial charge in [-0.3, -0.25) is 4.98 Å². The molecule has 3 heteroatoms. The van der Waals surface area contributed by atoms with E-state index in [9.17, 15) is 0 Å². The van der Waals surface area contributed by atoms with Crippen molar-refractivity contribution in [1.82, 2.24) is 4.98 Å². The Hall–Kier alpha value is -2.03. The fraction of sp³-hybridized carbons (Fsp3) is 0.389. The van der Waals surface area contributed by atoms with Crippen molar-refractivity contribution < 1.29 is 4.74 Å². The first-order valence-electron chi connectivity index (χ1n) is 7.27. The molecule has 0 saturated carbocycles. The molecule has 0 bridgehead atoms. The van der Waals surface area contributed by atoms with Gasteiger partial charge in [0.1, 0.15) is 5.75 Å². The molecule has 2 aromatic rings. The van der Waals surface area contributed by atoms with Gasteiger partial charge in [-0.25, -0.2) is 0 Å². The van der Waals surface area contributed by atoms with E-state index in [0.29, 0.717) is 0 Å². The maximum atomic E-state index is 5.47. The molecule has 0 saturated heterocycles. The van der Waals surface area contributed by atoms with Gasteiger partial charge in [0.15, 0.2) is 0 Å². The van der Waals surface area contributed by atoms with Crippen molar-refractivity contribution in [3.63, 3.8) is 0 Å². The van der Waals surface area contributed by atoms with Gasteiger partial charge in [0, 0.05) is 18.4 Å². The highest BCUT2D eigenvalue weighted by molar-refractivity contribution is 5.60. The van der Waals surface area contributed by atoms with E-state index >= 15 is 0 Å². The van der Waals surface area contributed by atoms with Crippen LogP contribution in [0.4, 0.5) is 5.69 Å². The Morgan fingerprint density at radius 1 is 1.10 bits per heavy atom. The van der Waals surface area contributed by atoms with Crippen LogP contribution in [0.1, 0.15) is 44.9 Å². The molecule has 0 amide bonds. The van der Waals surface area contributed by atoms with Gasteiger partial charge in [-0.2, -0.15) is 0 Å². The van der Waals surface area contributed by atoms with Crippen molar-refractivity contribution in [1.29, 1.82) is 0 Å². The lowest BCUT2D eigenvalue weighted by Gasteiger charge is -2.23. The van der Waals surface area contributed by atoms with E-state index in [1.165, 1.54) is 11.1 Å². The van der Waals surface area contributed by atoms with Crippen LogP contribution in [0.2, 0.25) is 0 Å². The molecule has 3 nitrogen and oxygen atoms in total. The summed E-state index contributed by atoms with van der Waals surface area (Å²) >= 11 is 0. The molecule has 0 aliphatic rings. The third-order valence-electron chi connectivity index (χ3n) is 3.64. The van der Waals surface area contributed by atoms with Crippen molar-refractivity contribution in [2.24, 2.45) is 0 Å². The zero-order valence-corrected chi connectivity index (χ0v) is 13.5. The monoisotopic (exact) mass is 284 g/mol. The summed E-state index contributed by atoms with van der Waals surface area (Å²) in [5.74, 6) is 0.865. The normalized spacial score (nSPS) is 12.8. The highest BCUT2D eigenvalue weighted by Crippen LogP contribution is 2.33. The number of nitrogens with one attached hydrogen (secondary N) is 1. The first kappa shape index (κ1) is 15.4. The molecule has 0 fully saturated rings. The van der Waals surface area contributed by atoms with Crippen LogP contribution in [0, 0.1) is 0 Å². The summed E-state index contributed by atoms with van der Waals surface area (Å²) in [6.07, 6.45) is 3.63. The van der Waals surface area contributed by atoms with Gasteiger partial charge in [0.25, 0.3) is 0 Å². The molecular formula is C18H24N2O. The third kappa shape index (κ3) is 3.75. The third-order valence-corrected chi connectivity index (χ3v) is 3.64. The van der Waals surface area contributed by atoms with Crippen LogP contribution >= 0.6 is 0 Å². The molecule has 1 aromatic carbocycles. The van der Waals surface area contributed by atoms with E-state index in [0.717, 1.165) is 11.4 Å². The SMILES string of the molecule is COc1ccc(C(C)(C)C)cc1NC(C)c1ccncc1. The Morgan fingerprint density at radius 2 is 1.76 bits per heavy atom. The smallest absolute Gasteiger partial charge is 0.141 e. The van der Waals surface area contributed by atoms with Gasteiger partial charge < -0.3 is 10.1 Å². The average molecular weight is 284 g/mol. The topological polar surface area (TPSA) is 34.1 Å². The average Bonchev–Trinajstić information content (AvgIpc) is 2.47. The predicted octanol–water partition coefficient (Wildman–Crippen LogP) is 4.56. The summed E-state index contributed by atoms with van der Waals surface area (Å²) in [4.78, 5) is 4.06. The molecule has 1 unspecified atom stereocenters. The number of nitrogens with zero attached hydrogens (tertiary/aromatic N) is 1. The highest BCUT2D eigenvalue weighted by atomic mass is 16.5. The quantitative estimate of drug-likeness (QED) is 0.893. The number of ether oxygens (including phenoxy) is 1. The highest BCUT2D eigenvalue weighted by Gasteiger charge is 2.17. The summed E-state index contributed by atoms with van der Waals surface area (Å²) in [6.45, 7) is 8.78. The predicted molar refractivity (Wildman–Crippen MR) is 88.0 cm³/mol. The lowest BCUT2D eigenvalue weighted by molar-refractivity contribution is 0.415. The lowest BCUT2D eigenvalue weighted by atomic mass is 9.86. The summed E-state index contributed by atoms with van der Waals surface area (Å²) in [6, 6.07) is 10.6. The molecule has 1 N–H and O–H groups in total. The van der Waals surface area contributed by atoms with Gasteiger partial charge in [-0.1, -0.05) is 26.8 Å². The van der Waals surface area contributed by atoms with Crippen LogP contribution in [0.25, 0.3) is 0 Å². The molecule has 21 heavy (non-hydrogen) atoms. The molecule has 1 aromatic heterocycles. The second kappa shape index (κ2) is 6.17. The second-order valence-electron chi connectivity index (χ2n) is 6.31. The minimum Gasteiger partial charge on any atom is -0.495 e. The molecule has 2 rings (SSSR count). The molecule has 0 spiro atoms. The van der Waals surface area contributed by atoms with Crippen molar-refractivity contribution in [3.05, 3.63) is 53.9 Å². The maximum absolute atomic E-state index is 5.47. The molecular weight excluding hydrogens is 260 g/mol. The van der Waals surface area contributed by atoms with Crippen LogP contribution in [-0.2, 0) is 5.41 Å². The van der Waals surface area contributed by atoms with Crippen LogP contribution in [-0.4, -0.2) is 12.1 Å². The summed E-state index contributed by atoms with van der Waals surface area (Å²) in [5, 5.41) is 3.54. The summed E-state index contributed by atoms with van der Waals surface area (Å²) in [5.41, 5.74) is 3.62. The largest absolute Gasteiger partial charge is 0.495 e. The van der Waals surface area contributed by atoms with E-state index < -0.39 is 0 Å². The number of pyridine rings is 1. The number of methoxy groups -OCH3 is 1. The van der Waals surface area contributed by atoms with Crippen molar-refractivity contribution in [2.45, 2.75) is 39.2 Å². The Labute approximate surface area is 127 Å². The van der Waals surface area contributed by atoms with Crippen LogP contribution < -0.4 is 10.1 Å². The van der Waals surface area contributed by atoms with E-state index in [1.807, 2.05) is 30.6 Å². The number of rotatable bonds is 4. The molecule has 1 heterocycles. The van der Waals surface area contributed by atoms with E-state index in [1.54, 1.807) is 7.11 Å². The van der Waals surface area contributed by atoms with Gasteiger partial charge in [-0.05, 0) is 47.7 Å². The minimum absolute atomic E-state index is 0.114. The number of anilines is 1. The summed E-state index contributed by atoms with van der Waals surface area (Å²) in [7, 11) is 1.70. The maximum Gasteiger partial charge on any atom is 0.141 e. The fourth-order valence-corrected chi connectivity index (χ4v) is 2.26. The Bertz CT molecular complexity index is 588. The first-order chi connectivity index (χ1) is 9.91. The molecule has 112 valence electrons. The Kier molecular flexibility index (Phi) is 4.51. The van der Waals surface area contributed by atoms with Crippen molar-refractivity contribution in [3.8, 4) is 5.75 Å². The Balaban J connectivity index is 2.29. The van der Waals surface area contributed by atoms with Gasteiger partial charge in [0.2, 0.25) is 0 Å². The van der Waals surface area contributed by atoms with Crippen LogP contribution in [0.5, 0.6) is 5.75 Å². The number of aromatic nitrogens is 1. The second-order valence-corrected chi connectivity index (χ2v) is 6.31. The lowest BCUT2D eigenvalue weighted by Crippen LogP contribution is -2.13. The zero-order chi connectivity index (χ0) is 15.5. The molecule has 0 aliphatic carbocycles. The summed E-state index contributed by atoms with van der Waals surface area (Å²) < 4.78 is 5.47. The number of hydrogen-bond donors (Lipinski definition) is 1. The number of benzene rings is 1. The van der Waals surface area contributed by atoms with Gasteiger partial charge >= 0.3 is 0 Å².